The molecule has 6 heteroatoms. The summed E-state index contributed by atoms with van der Waals surface area (Å²) in [5.74, 6) is 1.82. The Hall–Kier alpha value is -2.63. The molecule has 1 aromatic carbocycles. The number of hydrogen-bond donors (Lipinski definition) is 2. The molecule has 0 fully saturated rings. The van der Waals surface area contributed by atoms with Gasteiger partial charge in [0.25, 0.3) is 5.91 Å². The number of hydrogen-bond acceptors (Lipinski definition) is 5. The van der Waals surface area contributed by atoms with Crippen molar-refractivity contribution in [3.63, 3.8) is 0 Å². The van der Waals surface area contributed by atoms with Crippen LogP contribution in [0, 0.1) is 6.92 Å². The minimum absolute atomic E-state index is 0.140. The lowest BCUT2D eigenvalue weighted by Crippen LogP contribution is -2.29. The average Bonchev–Trinajstić information content (AvgIpc) is 2.53. The Labute approximate surface area is 149 Å². The Balaban J connectivity index is 2.01. The summed E-state index contributed by atoms with van der Waals surface area (Å²) in [5, 5.41) is 6.17. The van der Waals surface area contributed by atoms with Crippen LogP contribution in [0.4, 0.5) is 5.82 Å². The fraction of sp³-hybridized carbons (Fsp3) is 0.421. The molecule has 134 valence electrons. The van der Waals surface area contributed by atoms with E-state index in [-0.39, 0.29) is 11.4 Å². The molecule has 1 amide bonds. The van der Waals surface area contributed by atoms with Gasteiger partial charge in [0.1, 0.15) is 23.1 Å². The number of aryl methyl sites for hydroxylation is 1. The number of ether oxygens (including phenoxy) is 1. The first-order valence-corrected chi connectivity index (χ1v) is 8.32. The van der Waals surface area contributed by atoms with E-state index in [4.69, 9.17) is 4.74 Å². The number of anilines is 1. The third kappa shape index (κ3) is 5.74. The highest BCUT2D eigenvalue weighted by Gasteiger charge is 2.14. The molecule has 0 aliphatic carbocycles. The third-order valence-corrected chi connectivity index (χ3v) is 3.45. The molecule has 0 spiro atoms. The van der Waals surface area contributed by atoms with Crippen molar-refractivity contribution in [3.05, 3.63) is 47.4 Å². The number of carbonyl (C=O) groups is 1. The van der Waals surface area contributed by atoms with Gasteiger partial charge in [-0.3, -0.25) is 4.79 Å². The van der Waals surface area contributed by atoms with Crippen LogP contribution < -0.4 is 15.4 Å². The fourth-order valence-electron chi connectivity index (χ4n) is 2.44. The maximum atomic E-state index is 12.4. The van der Waals surface area contributed by atoms with Gasteiger partial charge in [0.15, 0.2) is 0 Å². The zero-order valence-electron chi connectivity index (χ0n) is 15.5. The van der Waals surface area contributed by atoms with Crippen molar-refractivity contribution in [2.45, 2.75) is 39.7 Å². The number of amides is 1. The summed E-state index contributed by atoms with van der Waals surface area (Å²) in [4.78, 5) is 21.0. The molecule has 0 aliphatic heterocycles. The fourth-order valence-corrected chi connectivity index (χ4v) is 2.44. The molecule has 0 unspecified atom stereocenters. The highest BCUT2D eigenvalue weighted by Crippen LogP contribution is 2.17. The lowest BCUT2D eigenvalue weighted by Gasteiger charge is -2.21. The van der Waals surface area contributed by atoms with E-state index in [0.717, 1.165) is 11.3 Å². The van der Waals surface area contributed by atoms with Gasteiger partial charge in [0.2, 0.25) is 0 Å². The lowest BCUT2D eigenvalue weighted by atomic mass is 10.1. The van der Waals surface area contributed by atoms with Crippen LogP contribution >= 0.6 is 0 Å². The quantitative estimate of drug-likeness (QED) is 0.844. The normalized spacial score (nSPS) is 11.1. The first-order valence-electron chi connectivity index (χ1n) is 8.32. The van der Waals surface area contributed by atoms with Gasteiger partial charge in [-0.25, -0.2) is 9.97 Å². The molecule has 0 atom stereocenters. The summed E-state index contributed by atoms with van der Waals surface area (Å²) in [6.07, 6.45) is 0.687. The number of methoxy groups -OCH3 is 1. The van der Waals surface area contributed by atoms with Crippen molar-refractivity contribution >= 4 is 11.7 Å². The van der Waals surface area contributed by atoms with Crippen LogP contribution in [0.1, 0.15) is 42.6 Å². The number of nitrogens with one attached hydrogen (secondary N) is 2. The van der Waals surface area contributed by atoms with E-state index in [9.17, 15) is 4.79 Å². The zero-order chi connectivity index (χ0) is 18.4. The molecular formula is C19H26N4O2. The van der Waals surface area contributed by atoms with Crippen molar-refractivity contribution in [1.82, 2.24) is 15.3 Å². The van der Waals surface area contributed by atoms with Gasteiger partial charge in [-0.1, -0.05) is 18.2 Å². The van der Waals surface area contributed by atoms with Gasteiger partial charge in [-0.15, -0.1) is 0 Å². The number of nitrogens with zero attached hydrogens (tertiary/aromatic N) is 2. The minimum atomic E-state index is -0.211. The maximum absolute atomic E-state index is 12.4. The lowest BCUT2D eigenvalue weighted by molar-refractivity contribution is 0.0948. The van der Waals surface area contributed by atoms with E-state index in [1.807, 2.05) is 45.0 Å². The van der Waals surface area contributed by atoms with E-state index in [1.165, 1.54) is 0 Å². The SMILES string of the molecule is COc1ccccc1CCNC(=O)c1cc(NC(C)(C)C)nc(C)n1. The molecule has 2 aromatic rings. The van der Waals surface area contributed by atoms with E-state index in [1.54, 1.807) is 20.1 Å². The molecule has 1 heterocycles. The number of benzene rings is 1. The molecule has 1 aromatic heterocycles. The largest absolute Gasteiger partial charge is 0.496 e. The van der Waals surface area contributed by atoms with E-state index in [2.05, 4.69) is 20.6 Å². The van der Waals surface area contributed by atoms with Crippen LogP contribution in [0.2, 0.25) is 0 Å². The predicted octanol–water partition coefficient (Wildman–Crippen LogP) is 2.98. The average molecular weight is 342 g/mol. The number of aromatic nitrogens is 2. The molecule has 25 heavy (non-hydrogen) atoms. The van der Waals surface area contributed by atoms with Crippen molar-refractivity contribution < 1.29 is 9.53 Å². The maximum Gasteiger partial charge on any atom is 0.270 e. The molecule has 2 rings (SSSR count). The number of carbonyl (C=O) groups excluding carboxylic acids is 1. The second-order valence-electron chi connectivity index (χ2n) is 6.88. The molecule has 0 saturated heterocycles. The molecule has 6 nitrogen and oxygen atoms in total. The summed E-state index contributed by atoms with van der Waals surface area (Å²) in [5.41, 5.74) is 1.27. The second-order valence-corrected chi connectivity index (χ2v) is 6.88. The van der Waals surface area contributed by atoms with Crippen molar-refractivity contribution in [2.75, 3.05) is 19.0 Å². The van der Waals surface area contributed by atoms with Gasteiger partial charge in [0, 0.05) is 18.2 Å². The smallest absolute Gasteiger partial charge is 0.270 e. The predicted molar refractivity (Wildman–Crippen MR) is 99.2 cm³/mol. The van der Waals surface area contributed by atoms with E-state index in [0.29, 0.717) is 30.3 Å². The van der Waals surface area contributed by atoms with Gasteiger partial charge in [-0.05, 0) is 45.7 Å². The number of rotatable bonds is 6. The van der Waals surface area contributed by atoms with Gasteiger partial charge in [-0.2, -0.15) is 0 Å². The summed E-state index contributed by atoms with van der Waals surface area (Å²) >= 11 is 0. The molecule has 0 bridgehead atoms. The van der Waals surface area contributed by atoms with Gasteiger partial charge >= 0.3 is 0 Å². The first kappa shape index (κ1) is 18.7. The molecule has 0 aliphatic rings. The Kier molecular flexibility index (Phi) is 5.96. The van der Waals surface area contributed by atoms with Crippen LogP contribution in [-0.4, -0.2) is 35.1 Å². The standard InChI is InChI=1S/C19H26N4O2/c1-13-21-15(12-17(22-13)23-19(2,3)4)18(24)20-11-10-14-8-6-7-9-16(14)25-5/h6-9,12H,10-11H2,1-5H3,(H,20,24)(H,21,22,23). The Bertz CT molecular complexity index is 738. The van der Waals surface area contributed by atoms with Crippen LogP contribution in [0.15, 0.2) is 30.3 Å². The van der Waals surface area contributed by atoms with Crippen LogP contribution in [-0.2, 0) is 6.42 Å². The van der Waals surface area contributed by atoms with Crippen molar-refractivity contribution in [1.29, 1.82) is 0 Å². The summed E-state index contributed by atoms with van der Waals surface area (Å²) in [6.45, 7) is 8.40. The van der Waals surface area contributed by atoms with Crippen LogP contribution in [0.25, 0.3) is 0 Å². The van der Waals surface area contributed by atoms with Crippen LogP contribution in [0.3, 0.4) is 0 Å². The van der Waals surface area contributed by atoms with Crippen LogP contribution in [0.5, 0.6) is 5.75 Å². The highest BCUT2D eigenvalue weighted by atomic mass is 16.5. The summed E-state index contributed by atoms with van der Waals surface area (Å²) in [7, 11) is 1.64. The van der Waals surface area contributed by atoms with E-state index < -0.39 is 0 Å². The monoisotopic (exact) mass is 342 g/mol. The zero-order valence-corrected chi connectivity index (χ0v) is 15.5. The molecular weight excluding hydrogens is 316 g/mol. The third-order valence-electron chi connectivity index (χ3n) is 3.45. The minimum Gasteiger partial charge on any atom is -0.496 e. The second kappa shape index (κ2) is 7.96. The Morgan fingerprint density at radius 3 is 2.60 bits per heavy atom. The van der Waals surface area contributed by atoms with Crippen molar-refractivity contribution in [2.24, 2.45) is 0 Å². The van der Waals surface area contributed by atoms with Gasteiger partial charge < -0.3 is 15.4 Å². The molecule has 2 N–H and O–H groups in total. The Morgan fingerprint density at radius 2 is 1.92 bits per heavy atom. The molecule has 0 saturated carbocycles. The summed E-state index contributed by atoms with van der Waals surface area (Å²) < 4.78 is 5.32. The first-order chi connectivity index (χ1) is 11.8. The number of para-hydroxylation sites is 1. The van der Waals surface area contributed by atoms with Crippen molar-refractivity contribution in [3.8, 4) is 5.75 Å². The molecule has 0 radical (unpaired) electrons. The van der Waals surface area contributed by atoms with E-state index >= 15 is 0 Å². The summed E-state index contributed by atoms with van der Waals surface area (Å²) in [6, 6.07) is 9.46. The van der Waals surface area contributed by atoms with Gasteiger partial charge in [0.05, 0.1) is 7.11 Å². The highest BCUT2D eigenvalue weighted by molar-refractivity contribution is 5.92. The topological polar surface area (TPSA) is 76.1 Å². The Morgan fingerprint density at radius 1 is 1.20 bits per heavy atom.